The van der Waals surface area contributed by atoms with E-state index in [1.54, 1.807) is 0 Å². The molecule has 1 heterocycles. The van der Waals surface area contributed by atoms with Crippen LogP contribution >= 0.6 is 0 Å². The van der Waals surface area contributed by atoms with Gasteiger partial charge in [-0.05, 0) is 43.7 Å². The lowest BCUT2D eigenvalue weighted by molar-refractivity contribution is -0.125. The van der Waals surface area contributed by atoms with Crippen LogP contribution in [0.1, 0.15) is 43.6 Å². The van der Waals surface area contributed by atoms with Crippen LogP contribution in [-0.2, 0) is 4.79 Å². The third kappa shape index (κ3) is 2.85. The van der Waals surface area contributed by atoms with Gasteiger partial charge in [-0.25, -0.2) is 0 Å². The Balaban J connectivity index is 1.69. The van der Waals surface area contributed by atoms with Gasteiger partial charge in [0.2, 0.25) is 0 Å². The lowest BCUT2D eigenvalue weighted by Crippen LogP contribution is -2.47. The molecule has 0 radical (unpaired) electrons. The molecule has 2 unspecified atom stereocenters. The van der Waals surface area contributed by atoms with E-state index in [-0.39, 0.29) is 6.04 Å². The molecular weight excluding hydrogens is 246 g/mol. The molecule has 1 aliphatic carbocycles. The van der Waals surface area contributed by atoms with Crippen LogP contribution in [0, 0.1) is 0 Å². The predicted molar refractivity (Wildman–Crippen MR) is 81.8 cm³/mol. The van der Waals surface area contributed by atoms with Gasteiger partial charge in [0.25, 0.3) is 0 Å². The van der Waals surface area contributed by atoms with Gasteiger partial charge in [0.05, 0.1) is 6.04 Å². The zero-order chi connectivity index (χ0) is 13.9. The van der Waals surface area contributed by atoms with Gasteiger partial charge in [-0.3, -0.25) is 9.69 Å². The minimum atomic E-state index is 0.145. The topological polar surface area (TPSA) is 20.3 Å². The van der Waals surface area contributed by atoms with Crippen molar-refractivity contribution in [2.24, 2.45) is 0 Å². The fraction of sp³-hybridized carbons (Fsp3) is 0.500. The number of allylic oxidation sites excluding steroid dienone is 1. The van der Waals surface area contributed by atoms with E-state index in [2.05, 4.69) is 41.8 Å². The highest BCUT2D eigenvalue weighted by Crippen LogP contribution is 2.31. The highest BCUT2D eigenvalue weighted by molar-refractivity contribution is 5.87. The third-order valence-electron chi connectivity index (χ3n) is 4.73. The molecule has 3 rings (SSSR count). The number of carbonyl (C=O) groups excluding carboxylic acids is 1. The Morgan fingerprint density at radius 3 is 2.70 bits per heavy atom. The molecule has 1 saturated carbocycles. The van der Waals surface area contributed by atoms with Crippen LogP contribution in [0.5, 0.6) is 0 Å². The molecule has 1 saturated heterocycles. The molecule has 20 heavy (non-hydrogen) atoms. The Morgan fingerprint density at radius 1 is 1.15 bits per heavy atom. The van der Waals surface area contributed by atoms with Gasteiger partial charge in [0, 0.05) is 13.0 Å². The molecule has 0 spiro atoms. The van der Waals surface area contributed by atoms with E-state index < -0.39 is 0 Å². The second-order valence-corrected chi connectivity index (χ2v) is 6.19. The summed E-state index contributed by atoms with van der Waals surface area (Å²) in [5.74, 6) is 0.970. The van der Waals surface area contributed by atoms with Crippen LogP contribution in [-0.4, -0.2) is 29.8 Å². The van der Waals surface area contributed by atoms with Crippen molar-refractivity contribution in [3.63, 3.8) is 0 Å². The normalized spacial score (nSPS) is 28.6. The zero-order valence-electron chi connectivity index (χ0n) is 12.1. The molecule has 2 nitrogen and oxygen atoms in total. The van der Waals surface area contributed by atoms with Crippen LogP contribution in [0.4, 0.5) is 0 Å². The summed E-state index contributed by atoms with van der Waals surface area (Å²) in [6.45, 7) is 6.08. The van der Waals surface area contributed by atoms with E-state index in [0.29, 0.717) is 18.1 Å². The summed E-state index contributed by atoms with van der Waals surface area (Å²) >= 11 is 0. The molecule has 0 aromatic heterocycles. The lowest BCUT2D eigenvalue weighted by atomic mass is 9.85. The highest BCUT2D eigenvalue weighted by Gasteiger charge is 2.32. The van der Waals surface area contributed by atoms with E-state index in [9.17, 15) is 4.79 Å². The van der Waals surface area contributed by atoms with Crippen molar-refractivity contribution in [1.29, 1.82) is 0 Å². The average molecular weight is 269 g/mol. The van der Waals surface area contributed by atoms with Crippen LogP contribution < -0.4 is 0 Å². The molecule has 0 amide bonds. The van der Waals surface area contributed by atoms with Crippen LogP contribution in [0.2, 0.25) is 0 Å². The standard InChI is InChI=1S/C18H23NO/c1-14-9-10-17(18(20)12-14)19-11-5-8-16(13-19)15-6-3-2-4-7-15/h2-4,6-7,16-17H,1,5,8-13H2. The van der Waals surface area contributed by atoms with Gasteiger partial charge >= 0.3 is 0 Å². The van der Waals surface area contributed by atoms with Crippen LogP contribution in [0.15, 0.2) is 42.5 Å². The van der Waals surface area contributed by atoms with Crippen molar-refractivity contribution in [2.75, 3.05) is 13.1 Å². The number of carbonyl (C=O) groups is 1. The molecule has 1 aromatic rings. The SMILES string of the molecule is C=C1CCC(N2CCCC(c3ccccc3)C2)C(=O)C1. The summed E-state index contributed by atoms with van der Waals surface area (Å²) in [6.07, 6.45) is 5.03. The summed E-state index contributed by atoms with van der Waals surface area (Å²) in [5, 5.41) is 0. The number of ketones is 1. The molecule has 0 bridgehead atoms. The minimum absolute atomic E-state index is 0.145. The van der Waals surface area contributed by atoms with Crippen molar-refractivity contribution < 1.29 is 4.79 Å². The second kappa shape index (κ2) is 5.92. The fourth-order valence-electron chi connectivity index (χ4n) is 3.63. The van der Waals surface area contributed by atoms with Crippen molar-refractivity contribution in [2.45, 2.75) is 44.1 Å². The van der Waals surface area contributed by atoms with E-state index >= 15 is 0 Å². The number of benzene rings is 1. The fourth-order valence-corrected chi connectivity index (χ4v) is 3.63. The molecule has 2 heteroatoms. The Labute approximate surface area is 121 Å². The van der Waals surface area contributed by atoms with Gasteiger partial charge in [-0.2, -0.15) is 0 Å². The average Bonchev–Trinajstić information content (AvgIpc) is 2.48. The van der Waals surface area contributed by atoms with Crippen molar-refractivity contribution in [3.05, 3.63) is 48.0 Å². The quantitative estimate of drug-likeness (QED) is 0.765. The number of hydrogen-bond donors (Lipinski definition) is 0. The summed E-state index contributed by atoms with van der Waals surface area (Å²) in [7, 11) is 0. The molecule has 2 atom stereocenters. The lowest BCUT2D eigenvalue weighted by Gasteiger charge is -2.39. The monoisotopic (exact) mass is 269 g/mol. The van der Waals surface area contributed by atoms with Crippen molar-refractivity contribution >= 4 is 5.78 Å². The maximum atomic E-state index is 12.2. The van der Waals surface area contributed by atoms with Crippen molar-refractivity contribution in [1.82, 2.24) is 4.90 Å². The van der Waals surface area contributed by atoms with Crippen LogP contribution in [0.25, 0.3) is 0 Å². The summed E-state index contributed by atoms with van der Waals surface area (Å²) in [6, 6.07) is 10.9. The first kappa shape index (κ1) is 13.6. The summed E-state index contributed by atoms with van der Waals surface area (Å²) < 4.78 is 0. The Morgan fingerprint density at radius 2 is 1.95 bits per heavy atom. The molecule has 2 fully saturated rings. The van der Waals surface area contributed by atoms with Crippen LogP contribution in [0.3, 0.4) is 0 Å². The number of Topliss-reactive ketones (excluding diaryl/α,β-unsaturated/α-hetero) is 1. The Hall–Kier alpha value is -1.41. The number of likely N-dealkylation sites (tertiary alicyclic amines) is 1. The third-order valence-corrected chi connectivity index (χ3v) is 4.73. The van der Waals surface area contributed by atoms with Gasteiger partial charge < -0.3 is 0 Å². The van der Waals surface area contributed by atoms with Gasteiger partial charge in [0.1, 0.15) is 0 Å². The molecular formula is C18H23NO. The Bertz CT molecular complexity index is 493. The van der Waals surface area contributed by atoms with Gasteiger partial charge in [-0.15, -0.1) is 0 Å². The first-order chi connectivity index (χ1) is 9.74. The first-order valence-corrected chi connectivity index (χ1v) is 7.72. The minimum Gasteiger partial charge on any atom is -0.298 e. The Kier molecular flexibility index (Phi) is 4.02. The zero-order valence-corrected chi connectivity index (χ0v) is 12.1. The van der Waals surface area contributed by atoms with E-state index in [0.717, 1.165) is 31.5 Å². The molecule has 106 valence electrons. The second-order valence-electron chi connectivity index (χ2n) is 6.19. The summed E-state index contributed by atoms with van der Waals surface area (Å²) in [5.41, 5.74) is 2.53. The predicted octanol–water partition coefficient (Wildman–Crippen LogP) is 3.54. The van der Waals surface area contributed by atoms with Gasteiger partial charge in [-0.1, -0.05) is 42.5 Å². The molecule has 1 aliphatic heterocycles. The van der Waals surface area contributed by atoms with E-state index in [1.165, 1.54) is 18.4 Å². The first-order valence-electron chi connectivity index (χ1n) is 7.72. The molecule has 1 aromatic carbocycles. The maximum Gasteiger partial charge on any atom is 0.153 e. The smallest absolute Gasteiger partial charge is 0.153 e. The summed E-state index contributed by atoms with van der Waals surface area (Å²) in [4.78, 5) is 14.7. The largest absolute Gasteiger partial charge is 0.298 e. The highest BCUT2D eigenvalue weighted by atomic mass is 16.1. The van der Waals surface area contributed by atoms with E-state index in [4.69, 9.17) is 0 Å². The van der Waals surface area contributed by atoms with Gasteiger partial charge in [0.15, 0.2) is 5.78 Å². The molecule has 0 N–H and O–H groups in total. The van der Waals surface area contributed by atoms with Crippen molar-refractivity contribution in [3.8, 4) is 0 Å². The molecule has 2 aliphatic rings. The number of nitrogens with zero attached hydrogens (tertiary/aromatic N) is 1. The number of piperidine rings is 1. The maximum absolute atomic E-state index is 12.2. The number of hydrogen-bond acceptors (Lipinski definition) is 2. The number of rotatable bonds is 2. The van der Waals surface area contributed by atoms with E-state index in [1.807, 2.05) is 0 Å².